The second kappa shape index (κ2) is 9.74. The molecule has 11 heteroatoms. The second-order valence-electron chi connectivity index (χ2n) is 7.81. The molecule has 2 N–H and O–H groups in total. The SMILES string of the molecule is Cc1csc(C2=C(c3nn[nH]n3)C(=O)NC(C=C3C=CC(OCCCC(F)(F)F)=CC3)C2)c1. The zero-order valence-electron chi connectivity index (χ0n) is 17.8. The molecule has 1 aliphatic heterocycles. The van der Waals surface area contributed by atoms with Crippen LogP contribution in [0.1, 0.15) is 41.9 Å². The Morgan fingerprint density at radius 1 is 1.33 bits per heavy atom. The van der Waals surface area contributed by atoms with Crippen LogP contribution in [0.25, 0.3) is 11.1 Å². The highest BCUT2D eigenvalue weighted by Crippen LogP contribution is 2.36. The fourth-order valence-corrected chi connectivity index (χ4v) is 4.63. The number of nitrogens with one attached hydrogen (secondary N) is 2. The van der Waals surface area contributed by atoms with E-state index in [-0.39, 0.29) is 30.8 Å². The summed E-state index contributed by atoms with van der Waals surface area (Å²) >= 11 is 1.56. The summed E-state index contributed by atoms with van der Waals surface area (Å²) < 4.78 is 42.1. The van der Waals surface area contributed by atoms with Gasteiger partial charge in [0.1, 0.15) is 5.76 Å². The lowest BCUT2D eigenvalue weighted by atomic mass is 9.91. The maximum atomic E-state index is 13.0. The number of hydrogen-bond donors (Lipinski definition) is 2. The summed E-state index contributed by atoms with van der Waals surface area (Å²) in [6.45, 7) is 2.01. The Bertz CT molecular complexity index is 1130. The number of tetrazole rings is 1. The van der Waals surface area contributed by atoms with Crippen molar-refractivity contribution in [2.75, 3.05) is 6.61 Å². The van der Waals surface area contributed by atoms with E-state index in [1.165, 1.54) is 0 Å². The molecule has 3 heterocycles. The molecule has 7 nitrogen and oxygen atoms in total. The molecule has 2 aromatic rings. The average Bonchev–Trinajstić information content (AvgIpc) is 3.43. The third kappa shape index (κ3) is 5.98. The zero-order chi connectivity index (χ0) is 23.4. The van der Waals surface area contributed by atoms with Crippen LogP contribution >= 0.6 is 11.3 Å². The minimum atomic E-state index is -4.17. The van der Waals surface area contributed by atoms with Crippen LogP contribution in [0.4, 0.5) is 13.2 Å². The summed E-state index contributed by atoms with van der Waals surface area (Å²) in [5.74, 6) is 0.540. The van der Waals surface area contributed by atoms with E-state index in [9.17, 15) is 18.0 Å². The number of carbonyl (C=O) groups is 1. The highest BCUT2D eigenvalue weighted by Gasteiger charge is 2.31. The molecule has 1 atom stereocenters. The van der Waals surface area contributed by atoms with E-state index >= 15 is 0 Å². The number of hydrogen-bond acceptors (Lipinski definition) is 6. The molecule has 33 heavy (non-hydrogen) atoms. The monoisotopic (exact) mass is 477 g/mol. The van der Waals surface area contributed by atoms with Gasteiger partial charge in [-0.15, -0.1) is 21.5 Å². The van der Waals surface area contributed by atoms with Crippen molar-refractivity contribution in [3.8, 4) is 0 Å². The molecule has 0 saturated heterocycles. The number of halogens is 3. The molecule has 4 rings (SSSR count). The Labute approximate surface area is 192 Å². The number of thiophene rings is 1. The third-order valence-electron chi connectivity index (χ3n) is 5.16. The van der Waals surface area contributed by atoms with Crippen molar-refractivity contribution in [3.05, 3.63) is 63.3 Å². The van der Waals surface area contributed by atoms with Crippen molar-refractivity contribution in [2.24, 2.45) is 0 Å². The van der Waals surface area contributed by atoms with Crippen LogP contribution in [-0.2, 0) is 9.53 Å². The Balaban J connectivity index is 1.44. The van der Waals surface area contributed by atoms with Gasteiger partial charge in [-0.3, -0.25) is 4.79 Å². The standard InChI is InChI=1S/C22H22F3N5O2S/c1-13-9-18(33-12-13)17-11-15(26-21(31)19(17)20-27-29-30-28-20)10-14-3-5-16(6-4-14)32-8-2-7-22(23,24)25/h3,5-6,9-10,12,15H,2,4,7-8,11H2,1H3,(H,26,31)(H,27,28,29,30). The summed E-state index contributed by atoms with van der Waals surface area (Å²) in [6.07, 6.45) is 3.43. The van der Waals surface area contributed by atoms with E-state index in [0.717, 1.165) is 21.6 Å². The van der Waals surface area contributed by atoms with Gasteiger partial charge in [0.15, 0.2) is 0 Å². The van der Waals surface area contributed by atoms with Gasteiger partial charge in [0.25, 0.3) is 5.91 Å². The van der Waals surface area contributed by atoms with Crippen LogP contribution in [-0.4, -0.2) is 45.4 Å². The fraction of sp³-hybridized carbons (Fsp3) is 0.364. The first kappa shape index (κ1) is 23.0. The minimum Gasteiger partial charge on any atom is -0.494 e. The Morgan fingerprint density at radius 2 is 2.18 bits per heavy atom. The molecule has 1 aliphatic carbocycles. The smallest absolute Gasteiger partial charge is 0.389 e. The lowest BCUT2D eigenvalue weighted by molar-refractivity contribution is -0.137. The topological polar surface area (TPSA) is 92.8 Å². The van der Waals surface area contributed by atoms with Crippen molar-refractivity contribution >= 4 is 28.4 Å². The molecule has 0 fully saturated rings. The van der Waals surface area contributed by atoms with Gasteiger partial charge in [-0.05, 0) is 71.7 Å². The number of alkyl halides is 3. The molecule has 2 aromatic heterocycles. The lowest BCUT2D eigenvalue weighted by Gasteiger charge is -2.25. The van der Waals surface area contributed by atoms with E-state index in [1.54, 1.807) is 17.4 Å². The molecule has 174 valence electrons. The summed E-state index contributed by atoms with van der Waals surface area (Å²) in [4.78, 5) is 13.9. The molecule has 0 radical (unpaired) electrons. The van der Waals surface area contributed by atoms with E-state index in [0.29, 0.717) is 24.2 Å². The van der Waals surface area contributed by atoms with Crippen LogP contribution in [0.3, 0.4) is 0 Å². The normalized spacial score (nSPS) is 20.2. The van der Waals surface area contributed by atoms with Crippen LogP contribution in [0.15, 0.2) is 47.1 Å². The van der Waals surface area contributed by atoms with Crippen LogP contribution in [0.2, 0.25) is 0 Å². The minimum absolute atomic E-state index is 0.0145. The number of amides is 1. The van der Waals surface area contributed by atoms with E-state index in [1.807, 2.05) is 36.6 Å². The van der Waals surface area contributed by atoms with E-state index in [4.69, 9.17) is 4.74 Å². The van der Waals surface area contributed by atoms with Gasteiger partial charge < -0.3 is 10.1 Å². The maximum absolute atomic E-state index is 13.0. The first-order chi connectivity index (χ1) is 15.8. The summed E-state index contributed by atoms with van der Waals surface area (Å²) in [5, 5.41) is 19.0. The molecular weight excluding hydrogens is 455 g/mol. The Hall–Kier alpha value is -3.21. The first-order valence-electron chi connectivity index (χ1n) is 10.4. The quantitative estimate of drug-likeness (QED) is 0.573. The average molecular weight is 478 g/mol. The second-order valence-corrected chi connectivity index (χ2v) is 8.73. The first-order valence-corrected chi connectivity index (χ1v) is 11.3. The number of carbonyl (C=O) groups excluding carboxylic acids is 1. The molecule has 0 spiro atoms. The molecule has 0 aromatic carbocycles. The summed E-state index contributed by atoms with van der Waals surface area (Å²) in [6, 6.07) is 1.81. The number of H-pyrrole nitrogens is 1. The Kier molecular flexibility index (Phi) is 6.77. The highest BCUT2D eigenvalue weighted by atomic mass is 32.1. The number of aryl methyl sites for hydroxylation is 1. The Morgan fingerprint density at radius 3 is 2.82 bits per heavy atom. The molecule has 1 amide bonds. The van der Waals surface area contributed by atoms with Gasteiger partial charge in [-0.25, -0.2) is 0 Å². The van der Waals surface area contributed by atoms with Crippen molar-refractivity contribution in [2.45, 2.75) is 44.8 Å². The van der Waals surface area contributed by atoms with E-state index in [2.05, 4.69) is 25.9 Å². The van der Waals surface area contributed by atoms with Crippen LogP contribution < -0.4 is 5.32 Å². The number of allylic oxidation sites excluding steroid dienone is 4. The van der Waals surface area contributed by atoms with Crippen molar-refractivity contribution in [1.82, 2.24) is 25.9 Å². The number of ether oxygens (including phenoxy) is 1. The number of nitrogens with zero attached hydrogens (tertiary/aromatic N) is 3. The maximum Gasteiger partial charge on any atom is 0.389 e. The highest BCUT2D eigenvalue weighted by molar-refractivity contribution is 7.11. The molecular formula is C22H22F3N5O2S. The number of rotatable bonds is 7. The van der Waals surface area contributed by atoms with Gasteiger partial charge in [0.2, 0.25) is 5.82 Å². The summed E-state index contributed by atoms with van der Waals surface area (Å²) in [7, 11) is 0. The lowest BCUT2D eigenvalue weighted by Crippen LogP contribution is -2.38. The van der Waals surface area contributed by atoms with Crippen molar-refractivity contribution < 1.29 is 22.7 Å². The predicted octanol–water partition coefficient (Wildman–Crippen LogP) is 4.50. The molecule has 1 unspecified atom stereocenters. The molecule has 2 aliphatic rings. The number of aromatic nitrogens is 4. The fourth-order valence-electron chi connectivity index (χ4n) is 3.66. The van der Waals surface area contributed by atoms with E-state index < -0.39 is 12.6 Å². The van der Waals surface area contributed by atoms with Gasteiger partial charge in [0, 0.05) is 11.3 Å². The van der Waals surface area contributed by atoms with Gasteiger partial charge in [-0.1, -0.05) is 12.2 Å². The number of aromatic amines is 1. The molecule has 0 bridgehead atoms. The summed E-state index contributed by atoms with van der Waals surface area (Å²) in [5.41, 5.74) is 3.37. The predicted molar refractivity (Wildman–Crippen MR) is 118 cm³/mol. The van der Waals surface area contributed by atoms with Gasteiger partial charge in [-0.2, -0.15) is 18.4 Å². The molecule has 0 saturated carbocycles. The largest absolute Gasteiger partial charge is 0.494 e. The zero-order valence-corrected chi connectivity index (χ0v) is 18.6. The van der Waals surface area contributed by atoms with Crippen molar-refractivity contribution in [1.29, 1.82) is 0 Å². The van der Waals surface area contributed by atoms with Crippen LogP contribution in [0, 0.1) is 6.92 Å². The van der Waals surface area contributed by atoms with Gasteiger partial charge >= 0.3 is 6.18 Å². The van der Waals surface area contributed by atoms with Crippen LogP contribution in [0.5, 0.6) is 0 Å². The third-order valence-corrected chi connectivity index (χ3v) is 6.26. The van der Waals surface area contributed by atoms with Gasteiger partial charge in [0.05, 0.1) is 18.2 Å². The van der Waals surface area contributed by atoms with Crippen molar-refractivity contribution in [3.63, 3.8) is 0 Å².